The average molecular weight is 275 g/mol. The Morgan fingerprint density at radius 2 is 1.81 bits per heavy atom. The lowest BCUT2D eigenvalue weighted by atomic mass is 9.85. The summed E-state index contributed by atoms with van der Waals surface area (Å²) in [4.78, 5) is 11.2. The van der Waals surface area contributed by atoms with E-state index in [2.05, 4.69) is 64.4 Å². The minimum atomic E-state index is 0.409. The summed E-state index contributed by atoms with van der Waals surface area (Å²) in [6.45, 7) is 2.07. The molecule has 0 fully saturated rings. The molecule has 0 aliphatic carbocycles. The van der Waals surface area contributed by atoms with Crippen molar-refractivity contribution < 1.29 is 0 Å². The van der Waals surface area contributed by atoms with E-state index < -0.39 is 0 Å². The Labute approximate surface area is 124 Å². The minimum absolute atomic E-state index is 0.409. The van der Waals surface area contributed by atoms with Crippen molar-refractivity contribution in [1.82, 2.24) is 14.9 Å². The lowest BCUT2D eigenvalue weighted by Gasteiger charge is -2.32. The molecule has 21 heavy (non-hydrogen) atoms. The summed E-state index contributed by atoms with van der Waals surface area (Å²) in [5.74, 6) is 0.409. The fourth-order valence-corrected chi connectivity index (χ4v) is 3.27. The molecule has 0 radical (unpaired) electrons. The Morgan fingerprint density at radius 3 is 2.71 bits per heavy atom. The number of hydrogen-bond donors (Lipinski definition) is 0. The van der Waals surface area contributed by atoms with Crippen LogP contribution in [0, 0.1) is 0 Å². The number of hydrogen-bond acceptors (Lipinski definition) is 3. The molecule has 104 valence electrons. The molecule has 2 aromatic carbocycles. The first-order chi connectivity index (χ1) is 10.3. The maximum atomic E-state index is 4.44. The van der Waals surface area contributed by atoms with E-state index in [1.165, 1.54) is 16.7 Å². The van der Waals surface area contributed by atoms with Crippen LogP contribution in [0.1, 0.15) is 22.6 Å². The molecule has 1 aliphatic rings. The topological polar surface area (TPSA) is 29.0 Å². The van der Waals surface area contributed by atoms with Crippen LogP contribution in [0.2, 0.25) is 0 Å². The molecule has 3 nitrogen and oxygen atoms in total. The number of rotatable bonds is 1. The minimum Gasteiger partial charge on any atom is -0.301 e. The van der Waals surface area contributed by atoms with Gasteiger partial charge < -0.3 is 4.90 Å². The maximum absolute atomic E-state index is 4.44. The molecule has 1 aliphatic heterocycles. The molecule has 2 heterocycles. The second kappa shape index (κ2) is 4.93. The molecule has 0 saturated carbocycles. The molecule has 0 spiro atoms. The molecule has 0 saturated heterocycles. The van der Waals surface area contributed by atoms with Gasteiger partial charge in [0.2, 0.25) is 0 Å². The summed E-state index contributed by atoms with van der Waals surface area (Å²) >= 11 is 0. The van der Waals surface area contributed by atoms with E-state index in [9.17, 15) is 0 Å². The normalized spacial score (nSPS) is 18.6. The zero-order valence-corrected chi connectivity index (χ0v) is 12.0. The van der Waals surface area contributed by atoms with Gasteiger partial charge in [-0.05, 0) is 35.9 Å². The van der Waals surface area contributed by atoms with Gasteiger partial charge in [-0.2, -0.15) is 0 Å². The summed E-state index contributed by atoms with van der Waals surface area (Å²) < 4.78 is 0. The molecular formula is C18H17N3. The summed E-state index contributed by atoms with van der Waals surface area (Å²) in [7, 11) is 2.18. The van der Waals surface area contributed by atoms with Crippen LogP contribution in [0.4, 0.5) is 0 Å². The maximum Gasteiger partial charge on any atom is 0.0889 e. The molecule has 3 heteroatoms. The Kier molecular flexibility index (Phi) is 2.93. The second-order valence-corrected chi connectivity index (χ2v) is 5.75. The van der Waals surface area contributed by atoms with Gasteiger partial charge >= 0.3 is 0 Å². The third-order valence-electron chi connectivity index (χ3n) is 4.26. The van der Waals surface area contributed by atoms with Gasteiger partial charge in [0, 0.05) is 31.4 Å². The highest BCUT2D eigenvalue weighted by molar-refractivity contribution is 5.74. The van der Waals surface area contributed by atoms with E-state index in [1.54, 1.807) is 12.4 Å². The van der Waals surface area contributed by atoms with Gasteiger partial charge in [-0.15, -0.1) is 0 Å². The summed E-state index contributed by atoms with van der Waals surface area (Å²) in [6, 6.07) is 15.2. The SMILES string of the molecule is CN1Cc2ccccc2[C@H](c2ccc3nccnc3c2)C1. The van der Waals surface area contributed by atoms with Crippen LogP contribution in [0.3, 0.4) is 0 Å². The molecule has 4 rings (SSSR count). The van der Waals surface area contributed by atoms with Crippen molar-refractivity contribution in [2.45, 2.75) is 12.5 Å². The quantitative estimate of drug-likeness (QED) is 0.683. The third kappa shape index (κ3) is 2.20. The molecule has 0 amide bonds. The number of aromatic nitrogens is 2. The van der Waals surface area contributed by atoms with Crippen molar-refractivity contribution in [2.75, 3.05) is 13.6 Å². The van der Waals surface area contributed by atoms with E-state index in [0.717, 1.165) is 24.1 Å². The van der Waals surface area contributed by atoms with Gasteiger partial charge in [0.15, 0.2) is 0 Å². The standard InChI is InChI=1S/C18H17N3/c1-21-11-14-4-2-3-5-15(14)16(12-21)13-6-7-17-18(10-13)20-9-8-19-17/h2-10,16H,11-12H2,1H3/t16-/m0/s1. The first kappa shape index (κ1) is 12.5. The number of likely N-dealkylation sites (N-methyl/N-ethyl adjacent to an activating group) is 1. The van der Waals surface area contributed by atoms with Crippen LogP contribution in [-0.2, 0) is 6.54 Å². The van der Waals surface area contributed by atoms with Gasteiger partial charge in [0.1, 0.15) is 0 Å². The van der Waals surface area contributed by atoms with Gasteiger partial charge in [-0.3, -0.25) is 9.97 Å². The predicted octanol–water partition coefficient (Wildman–Crippen LogP) is 3.21. The average Bonchev–Trinajstić information content (AvgIpc) is 2.53. The molecule has 3 aromatic rings. The molecule has 1 aromatic heterocycles. The van der Waals surface area contributed by atoms with Crippen molar-refractivity contribution in [2.24, 2.45) is 0 Å². The van der Waals surface area contributed by atoms with Crippen LogP contribution in [-0.4, -0.2) is 28.5 Å². The van der Waals surface area contributed by atoms with E-state index >= 15 is 0 Å². The highest BCUT2D eigenvalue weighted by atomic mass is 15.1. The number of nitrogens with zero attached hydrogens (tertiary/aromatic N) is 3. The molecular weight excluding hydrogens is 258 g/mol. The highest BCUT2D eigenvalue weighted by Crippen LogP contribution is 2.33. The van der Waals surface area contributed by atoms with Crippen LogP contribution < -0.4 is 0 Å². The van der Waals surface area contributed by atoms with Gasteiger partial charge in [-0.1, -0.05) is 30.3 Å². The van der Waals surface area contributed by atoms with E-state index in [4.69, 9.17) is 0 Å². The van der Waals surface area contributed by atoms with Crippen molar-refractivity contribution in [3.05, 3.63) is 71.5 Å². The lowest BCUT2D eigenvalue weighted by molar-refractivity contribution is 0.295. The Hall–Kier alpha value is -2.26. The van der Waals surface area contributed by atoms with E-state index in [0.29, 0.717) is 5.92 Å². The van der Waals surface area contributed by atoms with Crippen molar-refractivity contribution in [3.63, 3.8) is 0 Å². The number of fused-ring (bicyclic) bond motifs is 2. The van der Waals surface area contributed by atoms with Crippen molar-refractivity contribution >= 4 is 11.0 Å². The van der Waals surface area contributed by atoms with Crippen LogP contribution in [0.5, 0.6) is 0 Å². The first-order valence-electron chi connectivity index (χ1n) is 7.28. The fourth-order valence-electron chi connectivity index (χ4n) is 3.27. The molecule has 0 unspecified atom stereocenters. The van der Waals surface area contributed by atoms with Crippen LogP contribution >= 0.6 is 0 Å². The Balaban J connectivity index is 1.84. The smallest absolute Gasteiger partial charge is 0.0889 e. The van der Waals surface area contributed by atoms with Crippen molar-refractivity contribution in [3.8, 4) is 0 Å². The Bertz CT molecular complexity index is 797. The van der Waals surface area contributed by atoms with E-state index in [-0.39, 0.29) is 0 Å². The van der Waals surface area contributed by atoms with Crippen molar-refractivity contribution in [1.29, 1.82) is 0 Å². The van der Waals surface area contributed by atoms with Gasteiger partial charge in [0.05, 0.1) is 11.0 Å². The third-order valence-corrected chi connectivity index (χ3v) is 4.26. The summed E-state index contributed by atoms with van der Waals surface area (Å²) in [5, 5.41) is 0. The fraction of sp³-hybridized carbons (Fsp3) is 0.222. The van der Waals surface area contributed by atoms with Crippen LogP contribution in [0.15, 0.2) is 54.9 Å². The molecule has 0 bridgehead atoms. The monoisotopic (exact) mass is 275 g/mol. The largest absolute Gasteiger partial charge is 0.301 e. The number of benzene rings is 2. The second-order valence-electron chi connectivity index (χ2n) is 5.75. The zero-order valence-electron chi connectivity index (χ0n) is 12.0. The Morgan fingerprint density at radius 1 is 1.00 bits per heavy atom. The van der Waals surface area contributed by atoms with Gasteiger partial charge in [-0.25, -0.2) is 0 Å². The molecule has 1 atom stereocenters. The lowest BCUT2D eigenvalue weighted by Crippen LogP contribution is -2.30. The zero-order chi connectivity index (χ0) is 14.2. The van der Waals surface area contributed by atoms with Gasteiger partial charge in [0.25, 0.3) is 0 Å². The summed E-state index contributed by atoms with van der Waals surface area (Å²) in [6.07, 6.45) is 3.50. The van der Waals surface area contributed by atoms with E-state index in [1.807, 2.05) is 0 Å². The summed E-state index contributed by atoms with van der Waals surface area (Å²) in [5.41, 5.74) is 6.12. The molecule has 0 N–H and O–H groups in total. The predicted molar refractivity (Wildman–Crippen MR) is 84.2 cm³/mol. The highest BCUT2D eigenvalue weighted by Gasteiger charge is 2.24. The first-order valence-corrected chi connectivity index (χ1v) is 7.28. The van der Waals surface area contributed by atoms with Crippen LogP contribution in [0.25, 0.3) is 11.0 Å².